The Morgan fingerprint density at radius 3 is 2.96 bits per heavy atom. The summed E-state index contributed by atoms with van der Waals surface area (Å²) in [5.74, 6) is 0.407. The maximum absolute atomic E-state index is 13.3. The first kappa shape index (κ1) is 18.6. The van der Waals surface area contributed by atoms with Crippen LogP contribution in [0.1, 0.15) is 35.8 Å². The fourth-order valence-electron chi connectivity index (χ4n) is 3.78. The second-order valence-corrected chi connectivity index (χ2v) is 7.12. The van der Waals surface area contributed by atoms with Crippen LogP contribution in [-0.2, 0) is 6.42 Å². The van der Waals surface area contributed by atoms with Gasteiger partial charge in [0, 0.05) is 32.4 Å². The lowest BCUT2D eigenvalue weighted by molar-refractivity contribution is 0.0685. The third-order valence-corrected chi connectivity index (χ3v) is 5.18. The van der Waals surface area contributed by atoms with Crippen LogP contribution < -0.4 is 0 Å². The molecule has 5 heteroatoms. The van der Waals surface area contributed by atoms with E-state index in [0.29, 0.717) is 11.6 Å². The topological polar surface area (TPSA) is 39.3 Å². The summed E-state index contributed by atoms with van der Waals surface area (Å²) in [6, 6.07) is 10.6. The summed E-state index contributed by atoms with van der Waals surface area (Å²) in [4.78, 5) is 20.0. The van der Waals surface area contributed by atoms with Gasteiger partial charge in [-0.25, -0.2) is 4.39 Å². The van der Waals surface area contributed by atoms with Crippen molar-refractivity contribution in [1.29, 1.82) is 0 Å². The van der Waals surface area contributed by atoms with E-state index in [2.05, 4.69) is 9.88 Å². The number of H-pyrrole nitrogens is 1. The van der Waals surface area contributed by atoms with E-state index in [1.165, 1.54) is 6.07 Å². The second kappa shape index (κ2) is 8.99. The summed E-state index contributed by atoms with van der Waals surface area (Å²) in [6.07, 6.45) is 4.96. The standard InChI is InChI=1S/C21H28FN3O/c1-2-25(21(26)20-9-4-11-23-20)16-18-7-5-12-24(15-18)13-10-17-6-3-8-19(22)14-17/h3-4,6,8-9,11,14,18,23H,2,5,7,10,12-13,15-16H2,1H3/t18-/m0/s1. The number of nitrogens with zero attached hydrogens (tertiary/aromatic N) is 2. The minimum atomic E-state index is -0.166. The number of nitrogens with one attached hydrogen (secondary N) is 1. The minimum absolute atomic E-state index is 0.0781. The van der Waals surface area contributed by atoms with Gasteiger partial charge in [0.2, 0.25) is 0 Å². The number of hydrogen-bond acceptors (Lipinski definition) is 2. The number of halogens is 1. The predicted molar refractivity (Wildman–Crippen MR) is 102 cm³/mol. The van der Waals surface area contributed by atoms with Crippen LogP contribution in [0.15, 0.2) is 42.6 Å². The molecule has 1 aromatic carbocycles. The monoisotopic (exact) mass is 357 g/mol. The van der Waals surface area contributed by atoms with E-state index in [1.807, 2.05) is 30.0 Å². The van der Waals surface area contributed by atoms with Gasteiger partial charge in [0.05, 0.1) is 0 Å². The molecular weight excluding hydrogens is 329 g/mol. The highest BCUT2D eigenvalue weighted by molar-refractivity contribution is 5.92. The maximum Gasteiger partial charge on any atom is 0.270 e. The fourth-order valence-corrected chi connectivity index (χ4v) is 3.78. The van der Waals surface area contributed by atoms with Gasteiger partial charge < -0.3 is 14.8 Å². The van der Waals surface area contributed by atoms with Crippen molar-refractivity contribution < 1.29 is 9.18 Å². The Morgan fingerprint density at radius 2 is 2.23 bits per heavy atom. The number of aromatic amines is 1. The summed E-state index contributed by atoms with van der Waals surface area (Å²) in [5.41, 5.74) is 1.70. The normalized spacial score (nSPS) is 18.0. The number of piperidine rings is 1. The number of benzene rings is 1. The van der Waals surface area contributed by atoms with Gasteiger partial charge in [0.15, 0.2) is 0 Å². The van der Waals surface area contributed by atoms with Gasteiger partial charge in [-0.1, -0.05) is 12.1 Å². The SMILES string of the molecule is CCN(C[C@H]1CCCN(CCc2cccc(F)c2)C1)C(=O)c1ccc[nH]1. The molecule has 0 spiro atoms. The number of aromatic nitrogens is 1. The number of hydrogen-bond donors (Lipinski definition) is 1. The van der Waals surface area contributed by atoms with Crippen molar-refractivity contribution in [2.45, 2.75) is 26.2 Å². The van der Waals surface area contributed by atoms with Crippen LogP contribution in [0.4, 0.5) is 4.39 Å². The molecule has 1 aliphatic heterocycles. The van der Waals surface area contributed by atoms with Crippen LogP contribution in [0.25, 0.3) is 0 Å². The Hall–Kier alpha value is -2.14. The second-order valence-electron chi connectivity index (χ2n) is 7.12. The van der Waals surface area contributed by atoms with Crippen LogP contribution in [-0.4, -0.2) is 53.4 Å². The molecule has 1 amide bonds. The summed E-state index contributed by atoms with van der Waals surface area (Å²) >= 11 is 0. The van der Waals surface area contributed by atoms with Crippen molar-refractivity contribution in [3.63, 3.8) is 0 Å². The molecule has 26 heavy (non-hydrogen) atoms. The lowest BCUT2D eigenvalue weighted by Gasteiger charge is -2.35. The molecule has 3 rings (SSSR count). The van der Waals surface area contributed by atoms with E-state index >= 15 is 0 Å². The van der Waals surface area contributed by atoms with Gasteiger partial charge >= 0.3 is 0 Å². The van der Waals surface area contributed by atoms with Gasteiger partial charge in [-0.3, -0.25) is 4.79 Å². The van der Waals surface area contributed by atoms with Crippen LogP contribution in [0.5, 0.6) is 0 Å². The molecule has 0 bridgehead atoms. The average molecular weight is 357 g/mol. The van der Waals surface area contributed by atoms with Crippen LogP contribution in [0, 0.1) is 11.7 Å². The molecule has 0 unspecified atom stereocenters. The van der Waals surface area contributed by atoms with Crippen LogP contribution in [0.3, 0.4) is 0 Å². The van der Waals surface area contributed by atoms with Crippen molar-refractivity contribution in [1.82, 2.24) is 14.8 Å². The fraction of sp³-hybridized carbons (Fsp3) is 0.476. The molecule has 2 heterocycles. The molecule has 0 saturated carbocycles. The van der Waals surface area contributed by atoms with Crippen molar-refractivity contribution in [2.24, 2.45) is 5.92 Å². The lowest BCUT2D eigenvalue weighted by Crippen LogP contribution is -2.43. The molecule has 1 aliphatic rings. The number of amides is 1. The Balaban J connectivity index is 1.51. The average Bonchev–Trinajstić information content (AvgIpc) is 3.19. The third kappa shape index (κ3) is 4.94. The first-order valence-corrected chi connectivity index (χ1v) is 9.55. The smallest absolute Gasteiger partial charge is 0.270 e. The molecule has 0 aliphatic carbocycles. The summed E-state index contributed by atoms with van der Waals surface area (Å²) < 4.78 is 13.3. The Morgan fingerprint density at radius 1 is 1.35 bits per heavy atom. The number of likely N-dealkylation sites (tertiary alicyclic amines) is 1. The molecule has 1 aromatic heterocycles. The number of carbonyl (C=O) groups excluding carboxylic acids is 1. The Labute approximate surface area is 155 Å². The van der Waals surface area contributed by atoms with Gasteiger partial charge in [0.1, 0.15) is 11.5 Å². The highest BCUT2D eigenvalue weighted by Crippen LogP contribution is 2.19. The van der Waals surface area contributed by atoms with Gasteiger partial charge in [-0.2, -0.15) is 0 Å². The molecule has 1 atom stereocenters. The highest BCUT2D eigenvalue weighted by Gasteiger charge is 2.24. The molecule has 1 fully saturated rings. The van der Waals surface area contributed by atoms with E-state index in [1.54, 1.807) is 18.3 Å². The largest absolute Gasteiger partial charge is 0.357 e. The third-order valence-electron chi connectivity index (χ3n) is 5.18. The van der Waals surface area contributed by atoms with Crippen molar-refractivity contribution in [3.8, 4) is 0 Å². The quantitative estimate of drug-likeness (QED) is 0.823. The Kier molecular flexibility index (Phi) is 6.45. The van der Waals surface area contributed by atoms with Gasteiger partial charge in [-0.05, 0) is 68.5 Å². The van der Waals surface area contributed by atoms with Crippen molar-refractivity contribution in [3.05, 3.63) is 59.7 Å². The van der Waals surface area contributed by atoms with E-state index in [0.717, 1.165) is 57.5 Å². The first-order chi connectivity index (χ1) is 12.7. The highest BCUT2D eigenvalue weighted by atomic mass is 19.1. The van der Waals surface area contributed by atoms with E-state index in [-0.39, 0.29) is 11.7 Å². The van der Waals surface area contributed by atoms with E-state index in [4.69, 9.17) is 0 Å². The first-order valence-electron chi connectivity index (χ1n) is 9.55. The van der Waals surface area contributed by atoms with Crippen molar-refractivity contribution in [2.75, 3.05) is 32.7 Å². The summed E-state index contributed by atoms with van der Waals surface area (Å²) in [5, 5.41) is 0. The van der Waals surface area contributed by atoms with E-state index in [9.17, 15) is 9.18 Å². The van der Waals surface area contributed by atoms with Crippen LogP contribution in [0.2, 0.25) is 0 Å². The molecule has 1 saturated heterocycles. The summed E-state index contributed by atoms with van der Waals surface area (Å²) in [6.45, 7) is 6.58. The molecule has 0 radical (unpaired) electrons. The molecule has 4 nitrogen and oxygen atoms in total. The van der Waals surface area contributed by atoms with Crippen molar-refractivity contribution >= 4 is 5.91 Å². The molecular formula is C21H28FN3O. The minimum Gasteiger partial charge on any atom is -0.357 e. The maximum atomic E-state index is 13.3. The zero-order valence-electron chi connectivity index (χ0n) is 15.5. The zero-order chi connectivity index (χ0) is 18.4. The zero-order valence-corrected chi connectivity index (χ0v) is 15.5. The number of carbonyl (C=O) groups is 1. The predicted octanol–water partition coefficient (Wildman–Crippen LogP) is 3.57. The lowest BCUT2D eigenvalue weighted by atomic mass is 9.96. The Bertz CT molecular complexity index is 701. The molecule has 140 valence electrons. The van der Waals surface area contributed by atoms with Crippen LogP contribution >= 0.6 is 0 Å². The summed E-state index contributed by atoms with van der Waals surface area (Å²) in [7, 11) is 0. The number of rotatable bonds is 7. The van der Waals surface area contributed by atoms with E-state index < -0.39 is 0 Å². The van der Waals surface area contributed by atoms with Gasteiger partial charge in [-0.15, -0.1) is 0 Å². The molecule has 1 N–H and O–H groups in total. The molecule has 2 aromatic rings. The van der Waals surface area contributed by atoms with Gasteiger partial charge in [0.25, 0.3) is 5.91 Å².